The molecule has 2 N–H and O–H groups in total. The van der Waals surface area contributed by atoms with Gasteiger partial charge in [-0.2, -0.15) is 0 Å². The molecule has 0 amide bonds. The zero-order valence-electron chi connectivity index (χ0n) is 8.20. The Morgan fingerprint density at radius 2 is 1.07 bits per heavy atom. The van der Waals surface area contributed by atoms with Gasteiger partial charge in [-0.05, 0) is 60.0 Å². The van der Waals surface area contributed by atoms with Crippen molar-refractivity contribution in [2.24, 2.45) is 0 Å². The fraction of sp³-hybridized carbons (Fsp3) is 0.167. The zero-order valence-corrected chi connectivity index (χ0v) is 8.20. The number of fused-ring (bicyclic) bond motifs is 1. The summed E-state index contributed by atoms with van der Waals surface area (Å²) < 4.78 is 0. The Hall–Kier alpha value is -1.70. The van der Waals surface area contributed by atoms with Gasteiger partial charge in [-0.25, -0.2) is 0 Å². The van der Waals surface area contributed by atoms with Crippen LogP contribution in [0.5, 0.6) is 11.5 Å². The van der Waals surface area contributed by atoms with Crippen molar-refractivity contribution in [3.05, 3.63) is 35.4 Å². The molecule has 2 aromatic carbocycles. The number of hydrogen-bond acceptors (Lipinski definition) is 2. The molecule has 0 bridgehead atoms. The average Bonchev–Trinajstić information content (AvgIpc) is 2.11. The molecular weight excluding hydrogens is 176 g/mol. The van der Waals surface area contributed by atoms with E-state index in [0.717, 1.165) is 21.9 Å². The Morgan fingerprint density at radius 1 is 0.714 bits per heavy atom. The lowest BCUT2D eigenvalue weighted by Crippen LogP contribution is -1.80. The molecule has 0 aromatic heterocycles. The summed E-state index contributed by atoms with van der Waals surface area (Å²) in [6.07, 6.45) is 0. The van der Waals surface area contributed by atoms with Crippen molar-refractivity contribution < 1.29 is 10.2 Å². The van der Waals surface area contributed by atoms with Crippen LogP contribution in [-0.2, 0) is 0 Å². The number of aromatic hydroxyl groups is 2. The maximum absolute atomic E-state index is 9.51. The van der Waals surface area contributed by atoms with E-state index in [0.29, 0.717) is 11.5 Å². The minimum absolute atomic E-state index is 0.294. The first kappa shape index (κ1) is 8.88. The Kier molecular flexibility index (Phi) is 1.84. The second-order valence-electron chi connectivity index (χ2n) is 3.62. The van der Waals surface area contributed by atoms with Crippen molar-refractivity contribution in [3.63, 3.8) is 0 Å². The molecule has 2 heteroatoms. The Balaban J connectivity index is 2.83. The summed E-state index contributed by atoms with van der Waals surface area (Å²) in [4.78, 5) is 0. The third-order valence-corrected chi connectivity index (χ3v) is 2.47. The van der Waals surface area contributed by atoms with Gasteiger partial charge in [0.05, 0.1) is 0 Å². The molecule has 0 radical (unpaired) electrons. The van der Waals surface area contributed by atoms with E-state index in [1.165, 1.54) is 0 Å². The van der Waals surface area contributed by atoms with Crippen molar-refractivity contribution in [1.82, 2.24) is 0 Å². The van der Waals surface area contributed by atoms with Gasteiger partial charge >= 0.3 is 0 Å². The summed E-state index contributed by atoms with van der Waals surface area (Å²) in [7, 11) is 0. The van der Waals surface area contributed by atoms with Gasteiger partial charge in [-0.1, -0.05) is 0 Å². The quantitative estimate of drug-likeness (QED) is 0.667. The molecule has 0 saturated heterocycles. The maximum atomic E-state index is 9.51. The van der Waals surface area contributed by atoms with E-state index in [1.54, 1.807) is 12.1 Å². The minimum Gasteiger partial charge on any atom is -0.508 e. The summed E-state index contributed by atoms with van der Waals surface area (Å²) in [6.45, 7) is 3.68. The second-order valence-corrected chi connectivity index (χ2v) is 3.62. The van der Waals surface area contributed by atoms with Crippen LogP contribution >= 0.6 is 0 Å². The van der Waals surface area contributed by atoms with Crippen LogP contribution in [0.4, 0.5) is 0 Å². The zero-order chi connectivity index (χ0) is 10.3. The standard InChI is InChI=1S/C12H12O2/c1-7-3-9-6-12(14)8(2)4-10(9)5-11(7)13/h3-6,13-14H,1-2H3. The van der Waals surface area contributed by atoms with E-state index in [4.69, 9.17) is 0 Å². The normalized spacial score (nSPS) is 10.7. The summed E-state index contributed by atoms with van der Waals surface area (Å²) in [5.41, 5.74) is 1.64. The average molecular weight is 188 g/mol. The van der Waals surface area contributed by atoms with Gasteiger partial charge in [0.15, 0.2) is 0 Å². The SMILES string of the molecule is Cc1cc2cc(O)c(C)cc2cc1O. The number of benzene rings is 2. The monoisotopic (exact) mass is 188 g/mol. The highest BCUT2D eigenvalue weighted by atomic mass is 16.3. The van der Waals surface area contributed by atoms with E-state index in [2.05, 4.69) is 0 Å². The smallest absolute Gasteiger partial charge is 0.119 e. The molecule has 0 aliphatic rings. The predicted octanol–water partition coefficient (Wildman–Crippen LogP) is 2.87. The molecule has 0 aliphatic carbocycles. The molecule has 0 aliphatic heterocycles. The first-order valence-corrected chi connectivity index (χ1v) is 4.51. The number of hydrogen-bond donors (Lipinski definition) is 2. The molecule has 14 heavy (non-hydrogen) atoms. The van der Waals surface area contributed by atoms with Gasteiger partial charge in [0.1, 0.15) is 11.5 Å². The Morgan fingerprint density at radius 3 is 1.43 bits per heavy atom. The lowest BCUT2D eigenvalue weighted by Gasteiger charge is -2.05. The van der Waals surface area contributed by atoms with Crippen LogP contribution in [0.3, 0.4) is 0 Å². The van der Waals surface area contributed by atoms with E-state index >= 15 is 0 Å². The molecule has 2 nitrogen and oxygen atoms in total. The first-order valence-electron chi connectivity index (χ1n) is 4.51. The maximum Gasteiger partial charge on any atom is 0.119 e. The van der Waals surface area contributed by atoms with Crippen LogP contribution in [0.2, 0.25) is 0 Å². The summed E-state index contributed by atoms with van der Waals surface area (Å²) in [5.74, 6) is 0.588. The fourth-order valence-corrected chi connectivity index (χ4v) is 1.55. The Labute approximate surface area is 82.4 Å². The second kappa shape index (κ2) is 2.91. The molecule has 0 saturated carbocycles. The van der Waals surface area contributed by atoms with Crippen molar-refractivity contribution >= 4 is 10.8 Å². The van der Waals surface area contributed by atoms with Crippen molar-refractivity contribution in [2.75, 3.05) is 0 Å². The molecule has 0 unspecified atom stereocenters. The number of phenols is 2. The van der Waals surface area contributed by atoms with Crippen LogP contribution in [0, 0.1) is 13.8 Å². The molecule has 0 fully saturated rings. The van der Waals surface area contributed by atoms with E-state index < -0.39 is 0 Å². The van der Waals surface area contributed by atoms with Gasteiger partial charge in [0.25, 0.3) is 0 Å². The highest BCUT2D eigenvalue weighted by Gasteiger charge is 2.03. The lowest BCUT2D eigenvalue weighted by atomic mass is 10.0. The van der Waals surface area contributed by atoms with Gasteiger partial charge in [-0.3, -0.25) is 0 Å². The Bertz CT molecular complexity index is 412. The van der Waals surface area contributed by atoms with Crippen molar-refractivity contribution in [1.29, 1.82) is 0 Å². The van der Waals surface area contributed by atoms with E-state index in [9.17, 15) is 10.2 Å². The number of aryl methyl sites for hydroxylation is 2. The molecule has 0 spiro atoms. The largest absolute Gasteiger partial charge is 0.508 e. The summed E-state index contributed by atoms with van der Waals surface area (Å²) in [6, 6.07) is 7.17. The summed E-state index contributed by atoms with van der Waals surface area (Å²) >= 11 is 0. The molecule has 2 aromatic rings. The van der Waals surface area contributed by atoms with Crippen LogP contribution in [0.1, 0.15) is 11.1 Å². The first-order chi connectivity index (χ1) is 6.58. The van der Waals surface area contributed by atoms with Gasteiger partial charge < -0.3 is 10.2 Å². The van der Waals surface area contributed by atoms with Gasteiger partial charge in [0.2, 0.25) is 0 Å². The lowest BCUT2D eigenvalue weighted by molar-refractivity contribution is 0.470. The van der Waals surface area contributed by atoms with E-state index in [1.807, 2.05) is 26.0 Å². The molecule has 2 rings (SSSR count). The fourth-order valence-electron chi connectivity index (χ4n) is 1.55. The van der Waals surface area contributed by atoms with Crippen LogP contribution in [0.25, 0.3) is 10.8 Å². The predicted molar refractivity (Wildman–Crippen MR) is 56.8 cm³/mol. The van der Waals surface area contributed by atoms with E-state index in [-0.39, 0.29) is 0 Å². The van der Waals surface area contributed by atoms with Crippen molar-refractivity contribution in [3.8, 4) is 11.5 Å². The van der Waals surface area contributed by atoms with Crippen LogP contribution < -0.4 is 0 Å². The molecular formula is C12H12O2. The molecule has 0 atom stereocenters. The number of rotatable bonds is 0. The van der Waals surface area contributed by atoms with Gasteiger partial charge in [0, 0.05) is 0 Å². The van der Waals surface area contributed by atoms with Crippen molar-refractivity contribution in [2.45, 2.75) is 13.8 Å². The number of phenolic OH excluding ortho intramolecular Hbond substituents is 2. The van der Waals surface area contributed by atoms with Crippen LogP contribution in [0.15, 0.2) is 24.3 Å². The minimum atomic E-state index is 0.294. The third kappa shape index (κ3) is 1.29. The topological polar surface area (TPSA) is 40.5 Å². The highest BCUT2D eigenvalue weighted by Crippen LogP contribution is 2.29. The summed E-state index contributed by atoms with van der Waals surface area (Å²) in [5, 5.41) is 20.9. The van der Waals surface area contributed by atoms with Gasteiger partial charge in [-0.15, -0.1) is 0 Å². The highest BCUT2D eigenvalue weighted by molar-refractivity contribution is 5.87. The van der Waals surface area contributed by atoms with Crippen LogP contribution in [-0.4, -0.2) is 10.2 Å². The molecule has 72 valence electrons. The molecule has 0 heterocycles. The third-order valence-electron chi connectivity index (χ3n) is 2.47.